The van der Waals surface area contributed by atoms with Crippen molar-refractivity contribution in [3.05, 3.63) is 29.3 Å². The lowest BCUT2D eigenvalue weighted by molar-refractivity contribution is 0.342. The molecule has 1 aromatic carbocycles. The molecule has 1 aromatic rings. The lowest BCUT2D eigenvalue weighted by Crippen LogP contribution is -2.38. The third kappa shape index (κ3) is 3.50. The standard InChI is InChI=1S/C14H22ClNO2S/c1-5-12(4)16(6-2)19(17,18)14-9-13(10-15)8-7-11(14)3/h7-9,12H,5-6,10H2,1-4H3. The van der Waals surface area contributed by atoms with Crippen molar-refractivity contribution in [3.8, 4) is 0 Å². The molecule has 0 saturated heterocycles. The van der Waals surface area contributed by atoms with E-state index >= 15 is 0 Å². The number of nitrogens with zero attached hydrogens (tertiary/aromatic N) is 1. The first kappa shape index (κ1) is 16.5. The zero-order valence-electron chi connectivity index (χ0n) is 12.0. The quantitative estimate of drug-likeness (QED) is 0.754. The third-order valence-electron chi connectivity index (χ3n) is 3.39. The summed E-state index contributed by atoms with van der Waals surface area (Å²) in [5, 5.41) is 0. The minimum atomic E-state index is -3.45. The van der Waals surface area contributed by atoms with Crippen molar-refractivity contribution in [2.75, 3.05) is 6.54 Å². The Morgan fingerprint density at radius 1 is 1.32 bits per heavy atom. The Balaban J connectivity index is 3.33. The molecule has 0 amide bonds. The maximum absolute atomic E-state index is 12.7. The molecule has 0 aromatic heterocycles. The summed E-state index contributed by atoms with van der Waals surface area (Å²) in [5.74, 6) is 0.318. The van der Waals surface area contributed by atoms with Crippen molar-refractivity contribution in [2.45, 2.75) is 50.9 Å². The Bertz CT molecular complexity index is 528. The maximum Gasteiger partial charge on any atom is 0.243 e. The van der Waals surface area contributed by atoms with Crippen molar-refractivity contribution in [1.29, 1.82) is 0 Å². The molecule has 108 valence electrons. The zero-order chi connectivity index (χ0) is 14.6. The number of aryl methyl sites for hydroxylation is 1. The van der Waals surface area contributed by atoms with Crippen LogP contribution in [-0.4, -0.2) is 25.3 Å². The van der Waals surface area contributed by atoms with Gasteiger partial charge in [-0.25, -0.2) is 8.42 Å². The van der Waals surface area contributed by atoms with Gasteiger partial charge in [0.05, 0.1) is 4.90 Å². The van der Waals surface area contributed by atoms with Gasteiger partial charge >= 0.3 is 0 Å². The van der Waals surface area contributed by atoms with E-state index in [2.05, 4.69) is 0 Å². The summed E-state index contributed by atoms with van der Waals surface area (Å²) in [6, 6.07) is 5.35. The minimum Gasteiger partial charge on any atom is -0.207 e. The zero-order valence-corrected chi connectivity index (χ0v) is 13.6. The summed E-state index contributed by atoms with van der Waals surface area (Å²) >= 11 is 5.80. The largest absolute Gasteiger partial charge is 0.243 e. The highest BCUT2D eigenvalue weighted by Gasteiger charge is 2.28. The van der Waals surface area contributed by atoms with Gasteiger partial charge in [-0.05, 0) is 37.5 Å². The highest BCUT2D eigenvalue weighted by molar-refractivity contribution is 7.89. The molecule has 0 aliphatic rings. The first-order valence-corrected chi connectivity index (χ1v) is 8.53. The van der Waals surface area contributed by atoms with Crippen LogP contribution in [0.2, 0.25) is 0 Å². The summed E-state index contributed by atoms with van der Waals surface area (Å²) in [6.45, 7) is 8.08. The van der Waals surface area contributed by atoms with Gasteiger partial charge in [0.2, 0.25) is 10.0 Å². The molecule has 0 heterocycles. The van der Waals surface area contributed by atoms with E-state index in [9.17, 15) is 8.42 Å². The van der Waals surface area contributed by atoms with Crippen LogP contribution in [0.1, 0.15) is 38.3 Å². The molecule has 0 radical (unpaired) electrons. The van der Waals surface area contributed by atoms with Crippen LogP contribution in [0.4, 0.5) is 0 Å². The molecule has 1 rings (SSSR count). The molecule has 0 aliphatic carbocycles. The fourth-order valence-corrected chi connectivity index (χ4v) is 4.21. The Labute approximate surface area is 121 Å². The molecule has 3 nitrogen and oxygen atoms in total. The monoisotopic (exact) mass is 303 g/mol. The van der Waals surface area contributed by atoms with Crippen LogP contribution < -0.4 is 0 Å². The van der Waals surface area contributed by atoms with Crippen LogP contribution in [-0.2, 0) is 15.9 Å². The number of benzene rings is 1. The molecule has 19 heavy (non-hydrogen) atoms. The predicted octanol–water partition coefficient (Wildman–Crippen LogP) is 3.54. The molecule has 0 spiro atoms. The van der Waals surface area contributed by atoms with Crippen molar-refractivity contribution in [3.63, 3.8) is 0 Å². The van der Waals surface area contributed by atoms with E-state index in [4.69, 9.17) is 11.6 Å². The number of hydrogen-bond donors (Lipinski definition) is 0. The highest BCUT2D eigenvalue weighted by Crippen LogP contribution is 2.24. The number of alkyl halides is 1. The van der Waals surface area contributed by atoms with Crippen LogP contribution in [0.15, 0.2) is 23.1 Å². The minimum absolute atomic E-state index is 0.00550. The molecular formula is C14H22ClNO2S. The lowest BCUT2D eigenvalue weighted by Gasteiger charge is -2.27. The number of sulfonamides is 1. The first-order valence-electron chi connectivity index (χ1n) is 6.55. The summed E-state index contributed by atoms with van der Waals surface area (Å²) in [5.41, 5.74) is 1.58. The molecule has 0 N–H and O–H groups in total. The van der Waals surface area contributed by atoms with Crippen molar-refractivity contribution in [1.82, 2.24) is 4.31 Å². The second kappa shape index (κ2) is 6.73. The molecule has 1 atom stereocenters. The van der Waals surface area contributed by atoms with Gasteiger partial charge in [-0.15, -0.1) is 11.6 Å². The molecule has 0 fully saturated rings. The fraction of sp³-hybridized carbons (Fsp3) is 0.571. The van der Waals surface area contributed by atoms with Gasteiger partial charge in [0.25, 0.3) is 0 Å². The molecule has 0 saturated carbocycles. The molecular weight excluding hydrogens is 282 g/mol. The molecule has 5 heteroatoms. The highest BCUT2D eigenvalue weighted by atomic mass is 35.5. The Morgan fingerprint density at radius 3 is 2.42 bits per heavy atom. The molecule has 0 bridgehead atoms. The normalized spacial score (nSPS) is 13.8. The summed E-state index contributed by atoms with van der Waals surface area (Å²) < 4.78 is 27.0. The lowest BCUT2D eigenvalue weighted by atomic mass is 10.2. The predicted molar refractivity (Wildman–Crippen MR) is 80.1 cm³/mol. The van der Waals surface area contributed by atoms with Gasteiger partial charge < -0.3 is 0 Å². The van der Waals surface area contributed by atoms with Gasteiger partial charge in [0.1, 0.15) is 0 Å². The van der Waals surface area contributed by atoms with Crippen molar-refractivity contribution < 1.29 is 8.42 Å². The molecule has 1 unspecified atom stereocenters. The van der Waals surface area contributed by atoms with Crippen molar-refractivity contribution >= 4 is 21.6 Å². The first-order chi connectivity index (χ1) is 8.88. The Kier molecular flexibility index (Phi) is 5.83. The van der Waals surface area contributed by atoms with Gasteiger partial charge in [-0.3, -0.25) is 0 Å². The van der Waals surface area contributed by atoms with E-state index < -0.39 is 10.0 Å². The smallest absolute Gasteiger partial charge is 0.207 e. The van der Waals surface area contributed by atoms with Crippen LogP contribution >= 0.6 is 11.6 Å². The van der Waals surface area contributed by atoms with Crippen LogP contribution in [0, 0.1) is 6.92 Å². The average molecular weight is 304 g/mol. The molecule has 0 aliphatic heterocycles. The van der Waals surface area contributed by atoms with Gasteiger partial charge in [0.15, 0.2) is 0 Å². The summed E-state index contributed by atoms with van der Waals surface area (Å²) in [4.78, 5) is 0.368. The van der Waals surface area contributed by atoms with E-state index in [0.29, 0.717) is 17.3 Å². The fourth-order valence-electron chi connectivity index (χ4n) is 2.05. The maximum atomic E-state index is 12.7. The number of hydrogen-bond acceptors (Lipinski definition) is 2. The second-order valence-electron chi connectivity index (χ2n) is 4.70. The number of halogens is 1. The van der Waals surface area contributed by atoms with Crippen LogP contribution in [0.3, 0.4) is 0 Å². The SMILES string of the molecule is CCC(C)N(CC)S(=O)(=O)c1cc(CCl)ccc1C. The third-order valence-corrected chi connectivity index (χ3v) is 5.93. The van der Waals surface area contributed by atoms with Gasteiger partial charge in [-0.1, -0.05) is 26.0 Å². The van der Waals surface area contributed by atoms with E-state index in [0.717, 1.165) is 17.5 Å². The Hall–Kier alpha value is -0.580. The topological polar surface area (TPSA) is 37.4 Å². The van der Waals surface area contributed by atoms with E-state index in [1.54, 1.807) is 10.4 Å². The van der Waals surface area contributed by atoms with E-state index in [1.165, 1.54) is 0 Å². The second-order valence-corrected chi connectivity index (χ2v) is 6.83. The number of rotatable bonds is 6. The van der Waals surface area contributed by atoms with E-state index in [1.807, 2.05) is 39.8 Å². The Morgan fingerprint density at radius 2 is 1.95 bits per heavy atom. The van der Waals surface area contributed by atoms with Crippen LogP contribution in [0.25, 0.3) is 0 Å². The van der Waals surface area contributed by atoms with Gasteiger partial charge in [0, 0.05) is 18.5 Å². The van der Waals surface area contributed by atoms with Crippen LogP contribution in [0.5, 0.6) is 0 Å². The van der Waals surface area contributed by atoms with Crippen molar-refractivity contribution in [2.24, 2.45) is 0 Å². The summed E-state index contributed by atoms with van der Waals surface area (Å²) in [6.07, 6.45) is 0.793. The van der Waals surface area contributed by atoms with E-state index in [-0.39, 0.29) is 6.04 Å². The van der Waals surface area contributed by atoms with Gasteiger partial charge in [-0.2, -0.15) is 4.31 Å². The summed E-state index contributed by atoms with van der Waals surface area (Å²) in [7, 11) is -3.45. The average Bonchev–Trinajstić information content (AvgIpc) is 2.39.